The Morgan fingerprint density at radius 3 is 2.94 bits per heavy atom. The van der Waals surface area contributed by atoms with Gasteiger partial charge in [0.05, 0.1) is 10.7 Å². The van der Waals surface area contributed by atoms with Gasteiger partial charge in [0.2, 0.25) is 0 Å². The maximum atomic E-state index is 6.26. The Balaban J connectivity index is 2.17. The van der Waals surface area contributed by atoms with E-state index in [9.17, 15) is 0 Å². The van der Waals surface area contributed by atoms with Gasteiger partial charge in [0.25, 0.3) is 0 Å². The Bertz CT molecular complexity index is 589. The zero-order valence-corrected chi connectivity index (χ0v) is 11.1. The number of hydrogen-bond acceptors (Lipinski definition) is 2. The van der Waals surface area contributed by atoms with E-state index in [1.807, 2.05) is 24.3 Å². The number of imidazole rings is 1. The third kappa shape index (κ3) is 1.84. The fraction of sp³-hybridized carbons (Fsp3) is 0.357. The van der Waals surface area contributed by atoms with Crippen LogP contribution in [0.3, 0.4) is 0 Å². The first kappa shape index (κ1) is 11.8. The summed E-state index contributed by atoms with van der Waals surface area (Å²) in [5.41, 5.74) is 9.44. The summed E-state index contributed by atoms with van der Waals surface area (Å²) in [5, 5.41) is 0.740. The number of benzene rings is 1. The van der Waals surface area contributed by atoms with Crippen LogP contribution in [0.1, 0.15) is 17.8 Å². The summed E-state index contributed by atoms with van der Waals surface area (Å²) in [6.45, 7) is 2.89. The van der Waals surface area contributed by atoms with Gasteiger partial charge in [-0.2, -0.15) is 0 Å². The Hall–Kier alpha value is -1.32. The van der Waals surface area contributed by atoms with Gasteiger partial charge in [-0.3, -0.25) is 0 Å². The van der Waals surface area contributed by atoms with Crippen LogP contribution in [0.15, 0.2) is 24.3 Å². The number of nitrogens with zero attached hydrogens (tertiary/aromatic N) is 2. The van der Waals surface area contributed by atoms with E-state index in [-0.39, 0.29) is 6.04 Å². The van der Waals surface area contributed by atoms with Crippen molar-refractivity contribution in [3.63, 3.8) is 0 Å². The third-order valence-electron chi connectivity index (χ3n) is 3.56. The lowest BCUT2D eigenvalue weighted by molar-refractivity contribution is 0.462. The maximum absolute atomic E-state index is 6.26. The van der Waals surface area contributed by atoms with Crippen LogP contribution >= 0.6 is 11.6 Å². The molecule has 1 aliphatic rings. The van der Waals surface area contributed by atoms with Crippen molar-refractivity contribution >= 4 is 11.6 Å². The van der Waals surface area contributed by atoms with Crippen molar-refractivity contribution in [2.45, 2.75) is 32.4 Å². The van der Waals surface area contributed by atoms with Gasteiger partial charge in [0, 0.05) is 23.8 Å². The molecule has 1 unspecified atom stereocenters. The average molecular weight is 262 g/mol. The molecule has 4 heteroatoms. The summed E-state index contributed by atoms with van der Waals surface area (Å²) in [4.78, 5) is 4.68. The second-order valence-corrected chi connectivity index (χ2v) is 5.26. The van der Waals surface area contributed by atoms with Crippen LogP contribution in [-0.2, 0) is 13.0 Å². The lowest BCUT2D eigenvalue weighted by Gasteiger charge is -2.23. The topological polar surface area (TPSA) is 43.8 Å². The summed E-state index contributed by atoms with van der Waals surface area (Å²) in [6.07, 6.45) is 2.04. The zero-order chi connectivity index (χ0) is 12.7. The van der Waals surface area contributed by atoms with Gasteiger partial charge in [0.15, 0.2) is 0 Å². The minimum Gasteiger partial charge on any atom is -0.326 e. The minimum absolute atomic E-state index is 0.215. The Morgan fingerprint density at radius 1 is 1.39 bits per heavy atom. The van der Waals surface area contributed by atoms with E-state index in [0.29, 0.717) is 0 Å². The van der Waals surface area contributed by atoms with E-state index in [0.717, 1.165) is 41.5 Å². The predicted octanol–water partition coefficient (Wildman–Crippen LogP) is 2.79. The lowest BCUT2D eigenvalue weighted by atomic mass is 10.0. The first-order valence-corrected chi connectivity index (χ1v) is 6.61. The molecule has 0 saturated carbocycles. The van der Waals surface area contributed by atoms with Crippen LogP contribution in [0, 0.1) is 6.92 Å². The van der Waals surface area contributed by atoms with E-state index in [1.54, 1.807) is 0 Å². The zero-order valence-electron chi connectivity index (χ0n) is 10.4. The van der Waals surface area contributed by atoms with Crippen LogP contribution in [0.5, 0.6) is 0 Å². The monoisotopic (exact) mass is 261 g/mol. The summed E-state index contributed by atoms with van der Waals surface area (Å²) in [6, 6.07) is 8.05. The molecule has 2 heterocycles. The first-order valence-electron chi connectivity index (χ1n) is 6.23. The van der Waals surface area contributed by atoms with Crippen molar-refractivity contribution in [1.29, 1.82) is 0 Å². The molecule has 2 N–H and O–H groups in total. The highest BCUT2D eigenvalue weighted by atomic mass is 35.5. The maximum Gasteiger partial charge on any atom is 0.142 e. The van der Waals surface area contributed by atoms with E-state index >= 15 is 0 Å². The highest BCUT2D eigenvalue weighted by Gasteiger charge is 2.23. The molecule has 94 valence electrons. The first-order chi connectivity index (χ1) is 8.66. The van der Waals surface area contributed by atoms with Gasteiger partial charge >= 0.3 is 0 Å². The SMILES string of the molecule is Cc1nc(-c2ccccc2Cl)n2c1CCC(N)C2. The lowest BCUT2D eigenvalue weighted by Crippen LogP contribution is -2.32. The standard InChI is InChI=1S/C14H16ClN3/c1-9-13-7-6-10(16)8-18(13)14(17-9)11-4-2-3-5-12(11)15/h2-5,10H,6-8,16H2,1H3. The molecule has 0 amide bonds. The fourth-order valence-electron chi connectivity index (χ4n) is 2.62. The molecule has 1 aromatic heterocycles. The van der Waals surface area contributed by atoms with Crippen molar-refractivity contribution in [3.05, 3.63) is 40.7 Å². The quantitative estimate of drug-likeness (QED) is 0.858. The normalized spacial score (nSPS) is 18.7. The number of aryl methyl sites for hydroxylation is 1. The Labute approximate surface area is 112 Å². The van der Waals surface area contributed by atoms with Crippen molar-refractivity contribution in [3.8, 4) is 11.4 Å². The van der Waals surface area contributed by atoms with Gasteiger partial charge in [0.1, 0.15) is 5.82 Å². The van der Waals surface area contributed by atoms with E-state index in [4.69, 9.17) is 17.3 Å². The van der Waals surface area contributed by atoms with Crippen LogP contribution < -0.4 is 5.73 Å². The van der Waals surface area contributed by atoms with Crippen LogP contribution in [0.2, 0.25) is 5.02 Å². The molecule has 1 aliphatic heterocycles. The fourth-order valence-corrected chi connectivity index (χ4v) is 2.84. The molecule has 2 aromatic rings. The van der Waals surface area contributed by atoms with Crippen molar-refractivity contribution < 1.29 is 0 Å². The van der Waals surface area contributed by atoms with E-state index < -0.39 is 0 Å². The van der Waals surface area contributed by atoms with E-state index in [1.165, 1.54) is 5.69 Å². The second kappa shape index (κ2) is 4.41. The van der Waals surface area contributed by atoms with Crippen molar-refractivity contribution in [2.24, 2.45) is 5.73 Å². The molecule has 18 heavy (non-hydrogen) atoms. The summed E-state index contributed by atoms with van der Waals surface area (Å²) in [7, 11) is 0. The molecule has 1 aromatic carbocycles. The van der Waals surface area contributed by atoms with Crippen LogP contribution in [0.25, 0.3) is 11.4 Å². The molecular weight excluding hydrogens is 246 g/mol. The molecule has 0 aliphatic carbocycles. The number of nitrogens with two attached hydrogens (primary N) is 1. The molecule has 3 nitrogen and oxygen atoms in total. The van der Waals surface area contributed by atoms with E-state index in [2.05, 4.69) is 16.5 Å². The largest absolute Gasteiger partial charge is 0.326 e. The molecule has 0 saturated heterocycles. The Morgan fingerprint density at radius 2 is 2.17 bits per heavy atom. The number of fused-ring (bicyclic) bond motifs is 1. The van der Waals surface area contributed by atoms with Gasteiger partial charge in [-0.15, -0.1) is 0 Å². The Kier molecular flexibility index (Phi) is 2.88. The van der Waals surface area contributed by atoms with Gasteiger partial charge in [-0.05, 0) is 31.9 Å². The molecular formula is C14H16ClN3. The predicted molar refractivity (Wildman–Crippen MR) is 73.7 cm³/mol. The highest BCUT2D eigenvalue weighted by Crippen LogP contribution is 2.31. The molecule has 0 radical (unpaired) electrons. The molecule has 3 rings (SSSR count). The van der Waals surface area contributed by atoms with Gasteiger partial charge in [-0.25, -0.2) is 4.98 Å². The number of halogens is 1. The molecule has 0 fully saturated rings. The average Bonchev–Trinajstić information content (AvgIpc) is 2.67. The minimum atomic E-state index is 0.215. The molecule has 0 spiro atoms. The molecule has 1 atom stereocenters. The number of hydrogen-bond donors (Lipinski definition) is 1. The smallest absolute Gasteiger partial charge is 0.142 e. The van der Waals surface area contributed by atoms with Crippen molar-refractivity contribution in [1.82, 2.24) is 9.55 Å². The third-order valence-corrected chi connectivity index (χ3v) is 3.89. The number of aromatic nitrogens is 2. The van der Waals surface area contributed by atoms with Crippen molar-refractivity contribution in [2.75, 3.05) is 0 Å². The summed E-state index contributed by atoms with van der Waals surface area (Å²) >= 11 is 6.26. The van der Waals surface area contributed by atoms with Gasteiger partial charge in [-0.1, -0.05) is 23.7 Å². The highest BCUT2D eigenvalue weighted by molar-refractivity contribution is 6.33. The number of rotatable bonds is 1. The molecule has 0 bridgehead atoms. The van der Waals surface area contributed by atoms with Crippen LogP contribution in [0.4, 0.5) is 0 Å². The summed E-state index contributed by atoms with van der Waals surface area (Å²) in [5.74, 6) is 0.947. The van der Waals surface area contributed by atoms with Crippen LogP contribution in [-0.4, -0.2) is 15.6 Å². The second-order valence-electron chi connectivity index (χ2n) is 4.86. The summed E-state index contributed by atoms with van der Waals surface area (Å²) < 4.78 is 2.23. The van der Waals surface area contributed by atoms with Gasteiger partial charge < -0.3 is 10.3 Å².